The van der Waals surface area contributed by atoms with Crippen molar-refractivity contribution in [3.63, 3.8) is 0 Å². The summed E-state index contributed by atoms with van der Waals surface area (Å²) in [6.07, 6.45) is 0. The van der Waals surface area contributed by atoms with Gasteiger partial charge in [-0.2, -0.15) is 4.99 Å². The van der Waals surface area contributed by atoms with Gasteiger partial charge in [0.05, 0.1) is 0 Å². The predicted molar refractivity (Wildman–Crippen MR) is 84.4 cm³/mol. The molecule has 0 aromatic heterocycles. The number of amides is 1. The smallest absolute Gasteiger partial charge is 0.245 e. The van der Waals surface area contributed by atoms with Crippen LogP contribution in [0.3, 0.4) is 0 Å². The molecule has 0 spiro atoms. The van der Waals surface area contributed by atoms with E-state index in [1.165, 1.54) is 6.92 Å². The van der Waals surface area contributed by atoms with Gasteiger partial charge in [0.2, 0.25) is 5.91 Å². The largest absolute Gasteiger partial charge is 0.369 e. The molecule has 2 N–H and O–H groups in total. The van der Waals surface area contributed by atoms with Crippen LogP contribution in [0, 0.1) is 0 Å². The second-order valence-corrected chi connectivity index (χ2v) is 4.82. The number of carbonyl (C=O) groups excluding carboxylic acids is 1. The standard InChI is InChI=1S/C17H19N3O/c1-14(21)19-17(18)20(12-15-8-4-2-5-9-15)13-16-10-6-3-7-11-16/h2-11H,12-13H2,1H3,(H2,18,19,21). The Morgan fingerprint density at radius 2 is 1.38 bits per heavy atom. The van der Waals surface area contributed by atoms with Crippen molar-refractivity contribution in [2.45, 2.75) is 20.0 Å². The quantitative estimate of drug-likeness (QED) is 0.692. The molecule has 0 aliphatic rings. The van der Waals surface area contributed by atoms with Crippen LogP contribution < -0.4 is 5.73 Å². The highest BCUT2D eigenvalue weighted by atomic mass is 16.1. The Bertz CT molecular complexity index is 567. The summed E-state index contributed by atoms with van der Waals surface area (Å²) < 4.78 is 0. The van der Waals surface area contributed by atoms with Gasteiger partial charge in [-0.3, -0.25) is 4.79 Å². The van der Waals surface area contributed by atoms with Crippen LogP contribution in [0.2, 0.25) is 0 Å². The number of guanidine groups is 1. The van der Waals surface area contributed by atoms with Gasteiger partial charge in [-0.1, -0.05) is 60.7 Å². The Balaban J connectivity index is 2.20. The van der Waals surface area contributed by atoms with E-state index in [4.69, 9.17) is 5.73 Å². The lowest BCUT2D eigenvalue weighted by Gasteiger charge is -2.23. The summed E-state index contributed by atoms with van der Waals surface area (Å²) in [5, 5.41) is 0. The first kappa shape index (κ1) is 14.8. The SMILES string of the molecule is CC(=O)N=C(N)N(Cc1ccccc1)Cc1ccccc1. The molecule has 0 aliphatic carbocycles. The number of carbonyl (C=O) groups is 1. The summed E-state index contributed by atoms with van der Waals surface area (Å²) in [5.41, 5.74) is 8.21. The second-order valence-electron chi connectivity index (χ2n) is 4.82. The zero-order chi connectivity index (χ0) is 15.1. The number of nitrogens with zero attached hydrogens (tertiary/aromatic N) is 2. The van der Waals surface area contributed by atoms with Gasteiger partial charge in [-0.05, 0) is 11.1 Å². The topological polar surface area (TPSA) is 58.7 Å². The van der Waals surface area contributed by atoms with Crippen LogP contribution in [0.4, 0.5) is 0 Å². The summed E-state index contributed by atoms with van der Waals surface area (Å²) >= 11 is 0. The van der Waals surface area contributed by atoms with Crippen molar-refractivity contribution in [1.29, 1.82) is 0 Å². The third-order valence-electron chi connectivity index (χ3n) is 3.03. The van der Waals surface area contributed by atoms with E-state index >= 15 is 0 Å². The minimum Gasteiger partial charge on any atom is -0.369 e. The first-order valence-corrected chi connectivity index (χ1v) is 6.82. The van der Waals surface area contributed by atoms with Crippen LogP contribution in [0.25, 0.3) is 0 Å². The van der Waals surface area contributed by atoms with Crippen LogP contribution in [0.1, 0.15) is 18.1 Å². The molecule has 4 heteroatoms. The summed E-state index contributed by atoms with van der Waals surface area (Å²) in [6.45, 7) is 2.62. The van der Waals surface area contributed by atoms with E-state index < -0.39 is 0 Å². The molecule has 0 saturated heterocycles. The van der Waals surface area contributed by atoms with Gasteiger partial charge in [0.15, 0.2) is 5.96 Å². The van der Waals surface area contributed by atoms with Gasteiger partial charge in [-0.15, -0.1) is 0 Å². The van der Waals surface area contributed by atoms with Crippen molar-refractivity contribution in [2.75, 3.05) is 0 Å². The highest BCUT2D eigenvalue weighted by molar-refractivity contribution is 5.91. The zero-order valence-corrected chi connectivity index (χ0v) is 12.1. The second kappa shape index (κ2) is 7.24. The highest BCUT2D eigenvalue weighted by Gasteiger charge is 2.10. The van der Waals surface area contributed by atoms with Crippen molar-refractivity contribution in [3.05, 3.63) is 71.8 Å². The van der Waals surface area contributed by atoms with Gasteiger partial charge in [-0.25, -0.2) is 0 Å². The Morgan fingerprint density at radius 1 is 0.952 bits per heavy atom. The van der Waals surface area contributed by atoms with Crippen molar-refractivity contribution in [3.8, 4) is 0 Å². The van der Waals surface area contributed by atoms with Crippen LogP contribution in [-0.2, 0) is 17.9 Å². The van der Waals surface area contributed by atoms with Crippen molar-refractivity contribution in [2.24, 2.45) is 10.7 Å². The Labute approximate surface area is 124 Å². The maximum atomic E-state index is 11.2. The molecule has 0 bridgehead atoms. The predicted octanol–water partition coefficient (Wildman–Crippen LogP) is 2.55. The summed E-state index contributed by atoms with van der Waals surface area (Å²) in [7, 11) is 0. The van der Waals surface area contributed by atoms with Gasteiger partial charge in [0.25, 0.3) is 0 Å². The number of benzene rings is 2. The summed E-state index contributed by atoms with van der Waals surface area (Å²) in [5.74, 6) is -0.0474. The fourth-order valence-corrected chi connectivity index (χ4v) is 2.06. The lowest BCUT2D eigenvalue weighted by molar-refractivity contribution is -0.115. The van der Waals surface area contributed by atoms with Gasteiger partial charge < -0.3 is 10.6 Å². The molecule has 2 rings (SSSR count). The molecule has 21 heavy (non-hydrogen) atoms. The number of rotatable bonds is 4. The molecule has 0 heterocycles. The number of hydrogen-bond donors (Lipinski definition) is 1. The Hall–Kier alpha value is -2.62. The number of hydrogen-bond acceptors (Lipinski definition) is 1. The van der Waals surface area contributed by atoms with E-state index in [1.807, 2.05) is 65.6 Å². The van der Waals surface area contributed by atoms with Gasteiger partial charge in [0, 0.05) is 20.0 Å². The number of nitrogens with two attached hydrogens (primary N) is 1. The average molecular weight is 281 g/mol. The molecule has 0 aliphatic heterocycles. The molecule has 0 fully saturated rings. The Morgan fingerprint density at radius 3 is 1.76 bits per heavy atom. The van der Waals surface area contributed by atoms with E-state index in [9.17, 15) is 4.79 Å². The Kier molecular flexibility index (Phi) is 5.10. The minimum atomic E-state index is -0.293. The monoisotopic (exact) mass is 281 g/mol. The van der Waals surface area contributed by atoms with E-state index in [-0.39, 0.29) is 11.9 Å². The summed E-state index contributed by atoms with van der Waals surface area (Å²) in [6, 6.07) is 20.0. The number of aliphatic imine (C=N–C) groups is 1. The fraction of sp³-hybridized carbons (Fsp3) is 0.176. The van der Waals surface area contributed by atoms with E-state index in [0.29, 0.717) is 13.1 Å². The van der Waals surface area contributed by atoms with Crippen molar-refractivity contribution >= 4 is 11.9 Å². The highest BCUT2D eigenvalue weighted by Crippen LogP contribution is 2.09. The molecule has 0 saturated carbocycles. The van der Waals surface area contributed by atoms with Crippen LogP contribution in [-0.4, -0.2) is 16.8 Å². The first-order chi connectivity index (χ1) is 10.1. The maximum absolute atomic E-state index is 11.2. The van der Waals surface area contributed by atoms with E-state index in [1.54, 1.807) is 0 Å². The van der Waals surface area contributed by atoms with Gasteiger partial charge in [0.1, 0.15) is 0 Å². The van der Waals surface area contributed by atoms with Crippen molar-refractivity contribution in [1.82, 2.24) is 4.90 Å². The molecular formula is C17H19N3O. The first-order valence-electron chi connectivity index (χ1n) is 6.82. The van der Waals surface area contributed by atoms with E-state index in [2.05, 4.69) is 4.99 Å². The van der Waals surface area contributed by atoms with Crippen molar-refractivity contribution < 1.29 is 4.79 Å². The lowest BCUT2D eigenvalue weighted by atomic mass is 10.2. The lowest BCUT2D eigenvalue weighted by Crippen LogP contribution is -2.37. The zero-order valence-electron chi connectivity index (χ0n) is 12.1. The minimum absolute atomic E-state index is 0.246. The molecule has 4 nitrogen and oxygen atoms in total. The molecule has 108 valence electrons. The molecule has 1 amide bonds. The molecular weight excluding hydrogens is 262 g/mol. The molecule has 2 aromatic carbocycles. The normalized spacial score (nSPS) is 11.2. The van der Waals surface area contributed by atoms with Crippen LogP contribution >= 0.6 is 0 Å². The summed E-state index contributed by atoms with van der Waals surface area (Å²) in [4.78, 5) is 16.9. The van der Waals surface area contributed by atoms with Gasteiger partial charge >= 0.3 is 0 Å². The van der Waals surface area contributed by atoms with Crippen LogP contribution in [0.5, 0.6) is 0 Å². The maximum Gasteiger partial charge on any atom is 0.245 e. The molecule has 0 radical (unpaired) electrons. The fourth-order valence-electron chi connectivity index (χ4n) is 2.06. The third-order valence-corrected chi connectivity index (χ3v) is 3.03. The molecule has 0 atom stereocenters. The van der Waals surface area contributed by atoms with Crippen LogP contribution in [0.15, 0.2) is 65.7 Å². The van der Waals surface area contributed by atoms with E-state index in [0.717, 1.165) is 11.1 Å². The molecule has 0 unspecified atom stereocenters. The third kappa shape index (κ3) is 4.76. The molecule has 2 aromatic rings. The average Bonchev–Trinajstić information content (AvgIpc) is 2.48.